The normalized spacial score (nSPS) is 19.1. The van der Waals surface area contributed by atoms with Crippen LogP contribution in [0.4, 0.5) is 4.79 Å². The summed E-state index contributed by atoms with van der Waals surface area (Å²) in [6.07, 6.45) is 2.07. The molecular weight excluding hydrogens is 420 g/mol. The molecule has 8 heteroatoms. The standard InChI is InChI=1S/C25H30N4O4/c1-15(2)11-19(23(30)26-13-18-9-6-10-33-18)29-14-20-21(24(29)31)22(27-25(32)28(20)4)17-8-5-7-16(3)12-17/h5-10,12,15,19,22H,11,13-14H2,1-4H3,(H,26,30)(H,27,32)/t19-,22-/m0/s1. The number of furan rings is 1. The molecule has 2 aliphatic heterocycles. The molecule has 0 saturated carbocycles. The molecule has 4 rings (SSSR count). The van der Waals surface area contributed by atoms with Gasteiger partial charge in [0.15, 0.2) is 0 Å². The van der Waals surface area contributed by atoms with Gasteiger partial charge in [0.05, 0.1) is 36.7 Å². The number of nitrogens with zero attached hydrogens (tertiary/aromatic N) is 2. The van der Waals surface area contributed by atoms with Gasteiger partial charge in [-0.1, -0.05) is 43.7 Å². The number of nitrogens with one attached hydrogen (secondary N) is 2. The fourth-order valence-corrected chi connectivity index (χ4v) is 4.47. The van der Waals surface area contributed by atoms with E-state index in [-0.39, 0.29) is 36.9 Å². The zero-order chi connectivity index (χ0) is 23.7. The van der Waals surface area contributed by atoms with Crippen LogP contribution in [0.5, 0.6) is 0 Å². The van der Waals surface area contributed by atoms with Crippen molar-refractivity contribution in [1.29, 1.82) is 0 Å². The minimum atomic E-state index is -0.653. The van der Waals surface area contributed by atoms with Crippen LogP contribution in [-0.4, -0.2) is 47.3 Å². The van der Waals surface area contributed by atoms with E-state index in [0.29, 0.717) is 23.5 Å². The number of rotatable bonds is 7. The lowest BCUT2D eigenvalue weighted by atomic mass is 9.94. The van der Waals surface area contributed by atoms with Gasteiger partial charge in [-0.05, 0) is 37.0 Å². The molecule has 2 atom stereocenters. The molecule has 0 bridgehead atoms. The molecule has 0 radical (unpaired) electrons. The predicted octanol–water partition coefficient (Wildman–Crippen LogP) is 3.11. The monoisotopic (exact) mass is 450 g/mol. The van der Waals surface area contributed by atoms with Crippen molar-refractivity contribution in [2.24, 2.45) is 5.92 Å². The summed E-state index contributed by atoms with van der Waals surface area (Å²) in [7, 11) is 1.66. The van der Waals surface area contributed by atoms with Crippen LogP contribution in [0.2, 0.25) is 0 Å². The van der Waals surface area contributed by atoms with Crippen LogP contribution < -0.4 is 10.6 Å². The van der Waals surface area contributed by atoms with Crippen LogP contribution in [0.3, 0.4) is 0 Å². The van der Waals surface area contributed by atoms with Gasteiger partial charge in [0.1, 0.15) is 11.8 Å². The first kappa shape index (κ1) is 22.6. The zero-order valence-corrected chi connectivity index (χ0v) is 19.4. The highest BCUT2D eigenvalue weighted by molar-refractivity contribution is 6.03. The number of amides is 4. The van der Waals surface area contributed by atoms with E-state index in [1.165, 1.54) is 4.90 Å². The smallest absolute Gasteiger partial charge is 0.322 e. The van der Waals surface area contributed by atoms with Crippen molar-refractivity contribution in [2.45, 2.75) is 45.8 Å². The van der Waals surface area contributed by atoms with Gasteiger partial charge in [0.2, 0.25) is 5.91 Å². The van der Waals surface area contributed by atoms with E-state index in [4.69, 9.17) is 4.42 Å². The number of aryl methyl sites for hydroxylation is 1. The molecule has 1 aromatic heterocycles. The van der Waals surface area contributed by atoms with E-state index < -0.39 is 12.1 Å². The summed E-state index contributed by atoms with van der Waals surface area (Å²) in [5, 5.41) is 5.85. The third-order valence-electron chi connectivity index (χ3n) is 6.15. The number of hydrogen-bond acceptors (Lipinski definition) is 4. The van der Waals surface area contributed by atoms with Crippen molar-refractivity contribution in [1.82, 2.24) is 20.4 Å². The molecule has 33 heavy (non-hydrogen) atoms. The van der Waals surface area contributed by atoms with Gasteiger partial charge in [-0.2, -0.15) is 0 Å². The van der Waals surface area contributed by atoms with Crippen molar-refractivity contribution in [3.8, 4) is 0 Å². The summed E-state index contributed by atoms with van der Waals surface area (Å²) in [5.41, 5.74) is 3.06. The van der Waals surface area contributed by atoms with E-state index in [1.54, 1.807) is 30.3 Å². The Morgan fingerprint density at radius 3 is 2.70 bits per heavy atom. The van der Waals surface area contributed by atoms with Crippen molar-refractivity contribution in [3.05, 3.63) is 70.8 Å². The average Bonchev–Trinajstić information content (AvgIpc) is 3.41. The Morgan fingerprint density at radius 2 is 2.03 bits per heavy atom. The van der Waals surface area contributed by atoms with Crippen LogP contribution in [0.25, 0.3) is 0 Å². The van der Waals surface area contributed by atoms with Crippen molar-refractivity contribution < 1.29 is 18.8 Å². The van der Waals surface area contributed by atoms with Crippen molar-refractivity contribution in [2.75, 3.05) is 13.6 Å². The zero-order valence-electron chi connectivity index (χ0n) is 19.4. The molecule has 3 heterocycles. The Labute approximate surface area is 193 Å². The van der Waals surface area contributed by atoms with E-state index in [2.05, 4.69) is 10.6 Å². The molecule has 174 valence electrons. The molecule has 2 N–H and O–H groups in total. The van der Waals surface area contributed by atoms with Crippen molar-refractivity contribution in [3.63, 3.8) is 0 Å². The Hall–Kier alpha value is -3.55. The SMILES string of the molecule is Cc1cccc([C@@H]2NC(=O)N(C)C3=C2C(=O)N([C@@H](CC(C)C)C(=O)NCc2ccco2)C3)c1. The number of likely N-dealkylation sites (N-methyl/N-ethyl adjacent to an activating group) is 1. The maximum atomic E-state index is 13.7. The molecule has 0 aliphatic carbocycles. The minimum Gasteiger partial charge on any atom is -0.467 e. The Bertz CT molecular complexity index is 1090. The molecule has 0 fully saturated rings. The molecule has 0 unspecified atom stereocenters. The van der Waals surface area contributed by atoms with Crippen LogP contribution >= 0.6 is 0 Å². The van der Waals surface area contributed by atoms with Gasteiger partial charge >= 0.3 is 6.03 Å². The lowest BCUT2D eigenvalue weighted by molar-refractivity contribution is -0.137. The maximum Gasteiger partial charge on any atom is 0.322 e. The Kier molecular flexibility index (Phi) is 6.26. The summed E-state index contributed by atoms with van der Waals surface area (Å²) in [6, 6.07) is 9.85. The largest absolute Gasteiger partial charge is 0.467 e. The average molecular weight is 451 g/mol. The summed E-state index contributed by atoms with van der Waals surface area (Å²) >= 11 is 0. The van der Waals surface area contributed by atoms with E-state index in [9.17, 15) is 14.4 Å². The first-order valence-electron chi connectivity index (χ1n) is 11.2. The fourth-order valence-electron chi connectivity index (χ4n) is 4.47. The fraction of sp³-hybridized carbons (Fsp3) is 0.400. The van der Waals surface area contributed by atoms with Gasteiger partial charge in [-0.3, -0.25) is 14.5 Å². The summed E-state index contributed by atoms with van der Waals surface area (Å²) < 4.78 is 5.31. The van der Waals surface area contributed by atoms with Crippen molar-refractivity contribution >= 4 is 17.8 Å². The Morgan fingerprint density at radius 1 is 1.24 bits per heavy atom. The van der Waals surface area contributed by atoms with Gasteiger partial charge in [0.25, 0.3) is 5.91 Å². The molecule has 0 spiro atoms. The number of hydrogen-bond donors (Lipinski definition) is 2. The highest BCUT2D eigenvalue weighted by atomic mass is 16.3. The quantitative estimate of drug-likeness (QED) is 0.678. The highest BCUT2D eigenvalue weighted by Gasteiger charge is 2.46. The number of urea groups is 1. The first-order chi connectivity index (χ1) is 15.8. The summed E-state index contributed by atoms with van der Waals surface area (Å²) in [4.78, 5) is 42.7. The minimum absolute atomic E-state index is 0.194. The van der Waals surface area contributed by atoms with Gasteiger partial charge in [-0.25, -0.2) is 4.79 Å². The third-order valence-corrected chi connectivity index (χ3v) is 6.15. The second-order valence-corrected chi connectivity index (χ2v) is 9.09. The molecule has 8 nitrogen and oxygen atoms in total. The van der Waals surface area contributed by atoms with Crippen LogP contribution in [-0.2, 0) is 16.1 Å². The third kappa shape index (κ3) is 4.51. The molecule has 0 saturated heterocycles. The lowest BCUT2D eigenvalue weighted by Gasteiger charge is -2.31. The first-order valence-corrected chi connectivity index (χ1v) is 11.2. The van der Waals surface area contributed by atoms with Gasteiger partial charge in [-0.15, -0.1) is 0 Å². The molecule has 2 aromatic rings. The van der Waals surface area contributed by atoms with E-state index >= 15 is 0 Å². The molecular formula is C25H30N4O4. The topological polar surface area (TPSA) is 94.9 Å². The van der Waals surface area contributed by atoms with E-state index in [1.807, 2.05) is 45.0 Å². The second kappa shape index (κ2) is 9.13. The lowest BCUT2D eigenvalue weighted by Crippen LogP contribution is -2.49. The highest BCUT2D eigenvalue weighted by Crippen LogP contribution is 2.37. The predicted molar refractivity (Wildman–Crippen MR) is 123 cm³/mol. The van der Waals surface area contributed by atoms with E-state index in [0.717, 1.165) is 11.1 Å². The van der Waals surface area contributed by atoms with Gasteiger partial charge in [0, 0.05) is 7.05 Å². The summed E-state index contributed by atoms with van der Waals surface area (Å²) in [6.45, 7) is 6.48. The van der Waals surface area contributed by atoms with Crippen LogP contribution in [0.15, 0.2) is 58.3 Å². The second-order valence-electron chi connectivity index (χ2n) is 9.09. The van der Waals surface area contributed by atoms with Crippen LogP contribution in [0.1, 0.15) is 43.2 Å². The number of benzene rings is 1. The maximum absolute atomic E-state index is 13.7. The van der Waals surface area contributed by atoms with Crippen LogP contribution in [0, 0.1) is 12.8 Å². The molecule has 4 amide bonds. The number of carbonyl (C=O) groups is 3. The molecule has 2 aliphatic rings. The summed E-state index contributed by atoms with van der Waals surface area (Å²) in [5.74, 6) is 0.384. The Balaban J connectivity index is 1.62. The molecule has 1 aromatic carbocycles. The number of carbonyl (C=O) groups excluding carboxylic acids is 3. The van der Waals surface area contributed by atoms with Gasteiger partial charge < -0.3 is 20.0 Å².